The summed E-state index contributed by atoms with van der Waals surface area (Å²) in [4.78, 5) is 23.4. The molecule has 0 atom stereocenters. The lowest BCUT2D eigenvalue weighted by Gasteiger charge is -2.06. The normalized spacial score (nSPS) is 10.3. The predicted octanol–water partition coefficient (Wildman–Crippen LogP) is 4.25. The lowest BCUT2D eigenvalue weighted by molar-refractivity contribution is -0.136. The van der Waals surface area contributed by atoms with Gasteiger partial charge in [-0.1, -0.05) is 61.4 Å². The Kier molecular flexibility index (Phi) is 9.55. The van der Waals surface area contributed by atoms with Crippen LogP contribution < -0.4 is 10.6 Å². The van der Waals surface area contributed by atoms with Gasteiger partial charge in [0.15, 0.2) is 0 Å². The van der Waals surface area contributed by atoms with Crippen LogP contribution in [0.3, 0.4) is 0 Å². The Morgan fingerprint density at radius 1 is 0.909 bits per heavy atom. The van der Waals surface area contributed by atoms with E-state index < -0.39 is 11.8 Å². The molecule has 0 radical (unpaired) electrons. The van der Waals surface area contributed by atoms with Crippen molar-refractivity contribution in [2.45, 2.75) is 51.9 Å². The summed E-state index contributed by atoms with van der Waals surface area (Å²) < 4.78 is 0.925. The van der Waals surface area contributed by atoms with E-state index >= 15 is 0 Å². The van der Waals surface area contributed by atoms with Gasteiger partial charge in [-0.2, -0.15) is 0 Å². The van der Waals surface area contributed by atoms with E-state index in [1.165, 1.54) is 32.1 Å². The van der Waals surface area contributed by atoms with E-state index in [0.717, 1.165) is 17.3 Å². The van der Waals surface area contributed by atoms with Crippen LogP contribution in [0.5, 0.6) is 0 Å². The third-order valence-corrected chi connectivity index (χ3v) is 3.90. The lowest BCUT2D eigenvalue weighted by Crippen LogP contribution is -2.35. The van der Waals surface area contributed by atoms with Crippen molar-refractivity contribution in [3.05, 3.63) is 28.7 Å². The van der Waals surface area contributed by atoms with Crippen molar-refractivity contribution in [3.8, 4) is 0 Å². The van der Waals surface area contributed by atoms with Crippen LogP contribution >= 0.6 is 15.9 Å². The van der Waals surface area contributed by atoms with Crippen molar-refractivity contribution < 1.29 is 9.59 Å². The molecule has 1 aromatic rings. The lowest BCUT2D eigenvalue weighted by atomic mass is 10.1. The molecule has 5 heteroatoms. The zero-order valence-corrected chi connectivity index (χ0v) is 14.7. The van der Waals surface area contributed by atoms with Gasteiger partial charge in [0, 0.05) is 16.7 Å². The first-order valence-electron chi connectivity index (χ1n) is 7.98. The summed E-state index contributed by atoms with van der Waals surface area (Å²) in [7, 11) is 0. The van der Waals surface area contributed by atoms with Crippen molar-refractivity contribution in [3.63, 3.8) is 0 Å². The molecule has 0 fully saturated rings. The molecule has 0 aliphatic rings. The summed E-state index contributed by atoms with van der Waals surface area (Å²) in [6, 6.07) is 7.11. The number of hydrogen-bond acceptors (Lipinski definition) is 2. The van der Waals surface area contributed by atoms with Gasteiger partial charge in [0.1, 0.15) is 0 Å². The van der Waals surface area contributed by atoms with Crippen molar-refractivity contribution in [2.75, 3.05) is 11.9 Å². The third kappa shape index (κ3) is 8.17. The second kappa shape index (κ2) is 11.2. The standard InChI is InChI=1S/C17H25BrN2O2/c1-2-3-4-5-6-7-8-13-19-16(21)17(22)20-15-11-9-14(18)10-12-15/h9-12H,2-8,13H2,1H3,(H,19,21)(H,20,22). The molecule has 0 saturated carbocycles. The number of halogens is 1. The van der Waals surface area contributed by atoms with Gasteiger partial charge in [0.2, 0.25) is 0 Å². The van der Waals surface area contributed by atoms with E-state index in [2.05, 4.69) is 33.5 Å². The quantitative estimate of drug-likeness (QED) is 0.505. The predicted molar refractivity (Wildman–Crippen MR) is 93.8 cm³/mol. The Bertz CT molecular complexity index is 460. The monoisotopic (exact) mass is 368 g/mol. The molecule has 2 N–H and O–H groups in total. The molecule has 0 heterocycles. The zero-order chi connectivity index (χ0) is 16.2. The van der Waals surface area contributed by atoms with E-state index in [1.807, 2.05) is 12.1 Å². The minimum atomic E-state index is -0.620. The Balaban J connectivity index is 2.11. The molecule has 4 nitrogen and oxygen atoms in total. The van der Waals surface area contributed by atoms with Gasteiger partial charge in [-0.05, 0) is 30.7 Å². The first kappa shape index (κ1) is 18.7. The van der Waals surface area contributed by atoms with Gasteiger partial charge in [-0.25, -0.2) is 0 Å². The summed E-state index contributed by atoms with van der Waals surface area (Å²) in [5.74, 6) is -1.20. The van der Waals surface area contributed by atoms with Gasteiger partial charge in [-0.3, -0.25) is 9.59 Å². The summed E-state index contributed by atoms with van der Waals surface area (Å²) in [6.45, 7) is 2.76. The molecule has 0 saturated heterocycles. The molecule has 22 heavy (non-hydrogen) atoms. The molecule has 0 aromatic heterocycles. The van der Waals surface area contributed by atoms with Crippen LogP contribution in [0.1, 0.15) is 51.9 Å². The highest BCUT2D eigenvalue weighted by atomic mass is 79.9. The van der Waals surface area contributed by atoms with Crippen molar-refractivity contribution in [1.82, 2.24) is 5.32 Å². The van der Waals surface area contributed by atoms with Crippen LogP contribution in [0.15, 0.2) is 28.7 Å². The molecule has 0 aliphatic carbocycles. The Morgan fingerprint density at radius 2 is 1.50 bits per heavy atom. The van der Waals surface area contributed by atoms with Crippen LogP contribution in [-0.4, -0.2) is 18.4 Å². The number of hydrogen-bond donors (Lipinski definition) is 2. The Morgan fingerprint density at radius 3 is 2.14 bits per heavy atom. The number of unbranched alkanes of at least 4 members (excludes halogenated alkanes) is 6. The van der Waals surface area contributed by atoms with E-state index in [9.17, 15) is 9.59 Å². The average Bonchev–Trinajstić information content (AvgIpc) is 2.52. The van der Waals surface area contributed by atoms with E-state index in [4.69, 9.17) is 0 Å². The van der Waals surface area contributed by atoms with Gasteiger partial charge in [0.05, 0.1) is 0 Å². The second-order valence-corrected chi connectivity index (χ2v) is 6.25. The Labute approximate surface area is 141 Å². The first-order chi connectivity index (χ1) is 10.6. The topological polar surface area (TPSA) is 58.2 Å². The summed E-state index contributed by atoms with van der Waals surface area (Å²) in [6.07, 6.45) is 8.31. The van der Waals surface area contributed by atoms with Gasteiger partial charge < -0.3 is 10.6 Å². The minimum Gasteiger partial charge on any atom is -0.348 e. The molecule has 0 spiro atoms. The maximum atomic E-state index is 11.7. The molecule has 0 aliphatic heterocycles. The molecular formula is C17H25BrN2O2. The maximum absolute atomic E-state index is 11.7. The SMILES string of the molecule is CCCCCCCCCNC(=O)C(=O)Nc1ccc(Br)cc1. The Hall–Kier alpha value is -1.36. The van der Waals surface area contributed by atoms with Crippen LogP contribution in [0.4, 0.5) is 5.69 Å². The molecule has 1 aromatic carbocycles. The largest absolute Gasteiger partial charge is 0.348 e. The molecule has 122 valence electrons. The smallest absolute Gasteiger partial charge is 0.313 e. The highest BCUT2D eigenvalue weighted by Crippen LogP contribution is 2.13. The maximum Gasteiger partial charge on any atom is 0.313 e. The van der Waals surface area contributed by atoms with Crippen LogP contribution in [0, 0.1) is 0 Å². The van der Waals surface area contributed by atoms with E-state index in [0.29, 0.717) is 12.2 Å². The van der Waals surface area contributed by atoms with Crippen molar-refractivity contribution in [1.29, 1.82) is 0 Å². The third-order valence-electron chi connectivity index (χ3n) is 3.37. The van der Waals surface area contributed by atoms with Crippen molar-refractivity contribution >= 4 is 33.4 Å². The fourth-order valence-corrected chi connectivity index (χ4v) is 2.35. The van der Waals surface area contributed by atoms with Crippen LogP contribution in [0.2, 0.25) is 0 Å². The van der Waals surface area contributed by atoms with Crippen LogP contribution in [-0.2, 0) is 9.59 Å². The van der Waals surface area contributed by atoms with Gasteiger partial charge >= 0.3 is 11.8 Å². The molecular weight excluding hydrogens is 344 g/mol. The number of carbonyl (C=O) groups excluding carboxylic acids is 2. The summed E-state index contributed by atoms with van der Waals surface area (Å²) >= 11 is 3.32. The van der Waals surface area contributed by atoms with E-state index in [-0.39, 0.29) is 0 Å². The zero-order valence-electron chi connectivity index (χ0n) is 13.2. The second-order valence-electron chi connectivity index (χ2n) is 5.34. The number of amides is 2. The summed E-state index contributed by atoms with van der Waals surface area (Å²) in [5, 5.41) is 5.23. The fourth-order valence-electron chi connectivity index (χ4n) is 2.09. The number of anilines is 1. The highest BCUT2D eigenvalue weighted by molar-refractivity contribution is 9.10. The fraction of sp³-hybridized carbons (Fsp3) is 0.529. The molecule has 0 bridgehead atoms. The average molecular weight is 369 g/mol. The van der Waals surface area contributed by atoms with Gasteiger partial charge in [0.25, 0.3) is 0 Å². The molecule has 1 rings (SSSR count). The molecule has 0 unspecified atom stereocenters. The number of carbonyl (C=O) groups is 2. The molecule has 2 amide bonds. The number of benzene rings is 1. The first-order valence-corrected chi connectivity index (χ1v) is 8.77. The van der Waals surface area contributed by atoms with Crippen molar-refractivity contribution in [2.24, 2.45) is 0 Å². The van der Waals surface area contributed by atoms with Crippen LogP contribution in [0.25, 0.3) is 0 Å². The minimum absolute atomic E-state index is 0.556. The summed E-state index contributed by atoms with van der Waals surface area (Å²) in [5.41, 5.74) is 0.610. The highest BCUT2D eigenvalue weighted by Gasteiger charge is 2.12. The number of nitrogens with one attached hydrogen (secondary N) is 2. The van der Waals surface area contributed by atoms with E-state index in [1.54, 1.807) is 12.1 Å². The van der Waals surface area contributed by atoms with Gasteiger partial charge in [-0.15, -0.1) is 0 Å². The number of rotatable bonds is 9.